The summed E-state index contributed by atoms with van der Waals surface area (Å²) in [5.74, 6) is -0.218. The van der Waals surface area contributed by atoms with E-state index in [1.807, 2.05) is 12.1 Å². The predicted octanol–water partition coefficient (Wildman–Crippen LogP) is 2.52. The number of ether oxygens (including phenoxy) is 3. The highest BCUT2D eigenvalue weighted by atomic mass is 19.1. The quantitative estimate of drug-likeness (QED) is 0.351. The fourth-order valence-corrected chi connectivity index (χ4v) is 5.91. The van der Waals surface area contributed by atoms with Gasteiger partial charge < -0.3 is 34.4 Å². The van der Waals surface area contributed by atoms with Crippen LogP contribution in [0, 0.1) is 17.1 Å². The van der Waals surface area contributed by atoms with Crippen molar-refractivity contribution in [3.05, 3.63) is 47.9 Å². The van der Waals surface area contributed by atoms with Gasteiger partial charge in [-0.2, -0.15) is 10.2 Å². The van der Waals surface area contributed by atoms with Crippen molar-refractivity contribution < 1.29 is 32.9 Å². The number of aliphatic hydroxyl groups is 1. The number of hydrogen-bond donors (Lipinski definition) is 2. The van der Waals surface area contributed by atoms with Gasteiger partial charge in [0.1, 0.15) is 41.2 Å². The second kappa shape index (κ2) is 14.0. The number of rotatable bonds is 9. The third-order valence-electron chi connectivity index (χ3n) is 8.61. The minimum absolute atomic E-state index is 0.0582. The van der Waals surface area contributed by atoms with Gasteiger partial charge >= 0.3 is 0 Å². The second-order valence-corrected chi connectivity index (χ2v) is 11.7. The lowest BCUT2D eigenvalue weighted by atomic mass is 10.0. The Labute approximate surface area is 270 Å². The standard InChI is InChI=1S/C32H36F2N8O5/c1-19(43)31(44)42-8-7-27(24(34)16-42)47-26-5-3-20(13-21(26)14-35)29-23(33)15-36-32(39-29)38-28-6-4-25(30(37-28)45-2)41-11-9-40(10-12-41)22-17-46-18-22/h3-6,13,15,19,22,24,27,43H,7-12,16-18H2,1-2H3,(H,36,37,38,39). The van der Waals surface area contributed by atoms with Crippen molar-refractivity contribution in [3.63, 3.8) is 0 Å². The third-order valence-corrected chi connectivity index (χ3v) is 8.61. The minimum Gasteiger partial charge on any atom is -0.486 e. The molecule has 0 spiro atoms. The van der Waals surface area contributed by atoms with Crippen LogP contribution in [0.5, 0.6) is 11.6 Å². The fourth-order valence-electron chi connectivity index (χ4n) is 5.91. The number of methoxy groups -OCH3 is 1. The van der Waals surface area contributed by atoms with Gasteiger partial charge in [0.2, 0.25) is 11.8 Å². The summed E-state index contributed by atoms with van der Waals surface area (Å²) in [7, 11) is 1.56. The molecule has 2 N–H and O–H groups in total. The molecule has 1 aromatic carbocycles. The Bertz CT molecular complexity index is 1640. The number of carbonyl (C=O) groups excluding carboxylic acids is 1. The van der Waals surface area contributed by atoms with E-state index < -0.39 is 30.1 Å². The fraction of sp³-hybridized carbons (Fsp3) is 0.469. The number of pyridine rings is 1. The largest absolute Gasteiger partial charge is 0.486 e. The Morgan fingerprint density at radius 3 is 2.62 bits per heavy atom. The van der Waals surface area contributed by atoms with Crippen molar-refractivity contribution >= 4 is 23.4 Å². The first-order valence-corrected chi connectivity index (χ1v) is 15.5. The summed E-state index contributed by atoms with van der Waals surface area (Å²) in [6.07, 6.45) is -2.45. The number of anilines is 3. The van der Waals surface area contributed by atoms with Crippen molar-refractivity contribution in [1.29, 1.82) is 5.26 Å². The predicted molar refractivity (Wildman–Crippen MR) is 167 cm³/mol. The van der Waals surface area contributed by atoms with Crippen LogP contribution < -0.4 is 19.7 Å². The van der Waals surface area contributed by atoms with Crippen LogP contribution in [-0.2, 0) is 9.53 Å². The number of nitrogens with one attached hydrogen (secondary N) is 1. The number of halogens is 2. The summed E-state index contributed by atoms with van der Waals surface area (Å²) in [5, 5.41) is 22.4. The lowest BCUT2D eigenvalue weighted by Crippen LogP contribution is -2.56. The SMILES string of the molecule is COc1nc(Nc2ncc(F)c(-c3ccc(OC4CCN(C(=O)C(C)O)CC4F)c(C#N)c3)n2)ccc1N1CCN(C2COC2)CC1. The first-order chi connectivity index (χ1) is 22.7. The van der Waals surface area contributed by atoms with Gasteiger partial charge in [-0.25, -0.2) is 18.7 Å². The number of carbonyl (C=O) groups is 1. The van der Waals surface area contributed by atoms with Gasteiger partial charge in [0, 0.05) is 44.7 Å². The summed E-state index contributed by atoms with van der Waals surface area (Å²) in [4.78, 5) is 30.9. The smallest absolute Gasteiger partial charge is 0.251 e. The van der Waals surface area contributed by atoms with Crippen molar-refractivity contribution in [1.82, 2.24) is 24.8 Å². The maximum absolute atomic E-state index is 15.0. The van der Waals surface area contributed by atoms with Gasteiger partial charge in [0.15, 0.2) is 12.0 Å². The van der Waals surface area contributed by atoms with E-state index in [4.69, 9.17) is 14.2 Å². The Hall–Kier alpha value is -4.65. The third kappa shape index (κ3) is 7.04. The summed E-state index contributed by atoms with van der Waals surface area (Å²) in [6.45, 7) is 6.39. The van der Waals surface area contributed by atoms with Crippen LogP contribution in [0.15, 0.2) is 36.5 Å². The van der Waals surface area contributed by atoms with E-state index in [1.54, 1.807) is 13.2 Å². The molecule has 3 atom stereocenters. The first kappa shape index (κ1) is 32.3. The zero-order valence-electron chi connectivity index (χ0n) is 26.1. The molecule has 3 unspecified atom stereocenters. The van der Waals surface area contributed by atoms with Crippen LogP contribution in [-0.4, -0.2) is 120 Å². The number of hydrogen-bond acceptors (Lipinski definition) is 12. The van der Waals surface area contributed by atoms with Crippen molar-refractivity contribution in [2.24, 2.45) is 0 Å². The summed E-state index contributed by atoms with van der Waals surface area (Å²) < 4.78 is 46.6. The zero-order chi connectivity index (χ0) is 33.1. The molecule has 15 heteroatoms. The molecule has 0 radical (unpaired) electrons. The van der Waals surface area contributed by atoms with Gasteiger partial charge in [0.25, 0.3) is 5.91 Å². The number of piperidine rings is 1. The first-order valence-electron chi connectivity index (χ1n) is 15.5. The highest BCUT2D eigenvalue weighted by molar-refractivity contribution is 5.80. The topological polar surface area (TPSA) is 149 Å². The number of piperazine rings is 1. The number of likely N-dealkylation sites (tertiary alicyclic amines) is 1. The molecular weight excluding hydrogens is 614 g/mol. The molecule has 3 aliphatic heterocycles. The normalized spacial score (nSPS) is 21.0. The summed E-state index contributed by atoms with van der Waals surface area (Å²) in [5.41, 5.74) is 1.16. The average Bonchev–Trinajstić information content (AvgIpc) is 3.06. The molecule has 3 fully saturated rings. The Balaban J connectivity index is 1.14. The van der Waals surface area contributed by atoms with E-state index in [0.717, 1.165) is 51.3 Å². The number of alkyl halides is 1. The highest BCUT2D eigenvalue weighted by Gasteiger charge is 2.35. The number of aliphatic hydroxyl groups excluding tert-OH is 1. The molecule has 0 aliphatic carbocycles. The Kier molecular flexibility index (Phi) is 9.62. The van der Waals surface area contributed by atoms with Crippen LogP contribution >= 0.6 is 0 Å². The minimum atomic E-state index is -1.52. The summed E-state index contributed by atoms with van der Waals surface area (Å²) in [6, 6.07) is 10.6. The van der Waals surface area contributed by atoms with Gasteiger partial charge in [-0.15, -0.1) is 0 Å². The van der Waals surface area contributed by atoms with E-state index in [-0.39, 0.29) is 42.5 Å². The lowest BCUT2D eigenvalue weighted by Gasteiger charge is -2.43. The van der Waals surface area contributed by atoms with Crippen molar-refractivity contribution in [2.75, 3.05) is 69.8 Å². The molecule has 5 heterocycles. The number of nitriles is 1. The average molecular weight is 651 g/mol. The Morgan fingerprint density at radius 2 is 1.96 bits per heavy atom. The molecule has 0 bridgehead atoms. The van der Waals surface area contributed by atoms with E-state index in [2.05, 4.69) is 30.1 Å². The molecule has 3 aromatic rings. The van der Waals surface area contributed by atoms with Gasteiger partial charge in [0.05, 0.1) is 44.7 Å². The summed E-state index contributed by atoms with van der Waals surface area (Å²) >= 11 is 0. The number of benzene rings is 1. The second-order valence-electron chi connectivity index (χ2n) is 11.7. The monoisotopic (exact) mass is 650 g/mol. The van der Waals surface area contributed by atoms with Gasteiger partial charge in [-0.3, -0.25) is 9.69 Å². The Morgan fingerprint density at radius 1 is 1.17 bits per heavy atom. The molecule has 3 saturated heterocycles. The van der Waals surface area contributed by atoms with Crippen LogP contribution in [0.3, 0.4) is 0 Å². The molecule has 13 nitrogen and oxygen atoms in total. The van der Waals surface area contributed by atoms with E-state index >= 15 is 0 Å². The molecule has 248 valence electrons. The molecule has 1 amide bonds. The van der Waals surface area contributed by atoms with Gasteiger partial charge in [-0.05, 0) is 37.3 Å². The number of amides is 1. The molecule has 0 saturated carbocycles. The van der Waals surface area contributed by atoms with E-state index in [9.17, 15) is 23.9 Å². The van der Waals surface area contributed by atoms with Crippen LogP contribution in [0.2, 0.25) is 0 Å². The molecule has 3 aliphatic rings. The van der Waals surface area contributed by atoms with Gasteiger partial charge in [-0.1, -0.05) is 0 Å². The molecule has 47 heavy (non-hydrogen) atoms. The maximum atomic E-state index is 15.0. The zero-order valence-corrected chi connectivity index (χ0v) is 26.1. The number of nitrogens with zero attached hydrogens (tertiary/aromatic N) is 7. The van der Waals surface area contributed by atoms with E-state index in [1.165, 1.54) is 30.0 Å². The lowest BCUT2D eigenvalue weighted by molar-refractivity contribution is -0.143. The number of aromatic nitrogens is 3. The molecule has 2 aromatic heterocycles. The maximum Gasteiger partial charge on any atom is 0.251 e. The highest BCUT2D eigenvalue weighted by Crippen LogP contribution is 2.32. The van der Waals surface area contributed by atoms with Crippen LogP contribution in [0.25, 0.3) is 11.3 Å². The van der Waals surface area contributed by atoms with E-state index in [0.29, 0.717) is 23.3 Å². The molecule has 6 rings (SSSR count). The molecular formula is C32H36F2N8O5. The van der Waals surface area contributed by atoms with Crippen LogP contribution in [0.4, 0.5) is 26.2 Å². The van der Waals surface area contributed by atoms with Crippen molar-refractivity contribution in [3.8, 4) is 29.0 Å². The van der Waals surface area contributed by atoms with Crippen molar-refractivity contribution in [2.45, 2.75) is 37.8 Å². The van der Waals surface area contributed by atoms with Crippen LogP contribution in [0.1, 0.15) is 18.9 Å².